The second-order valence-corrected chi connectivity index (χ2v) is 18.1. The van der Waals surface area contributed by atoms with Crippen LogP contribution >= 0.6 is 0 Å². The Morgan fingerprint density at radius 3 is 1.12 bits per heavy atom. The Balaban J connectivity index is 3.60. The minimum absolute atomic E-state index is 0.158. The lowest BCUT2D eigenvalue weighted by atomic mass is 10.0. The van der Waals surface area contributed by atoms with Crippen molar-refractivity contribution in [3.05, 3.63) is 48.6 Å². The van der Waals surface area contributed by atoms with E-state index < -0.39 is 18.2 Å². The average molecular weight is 842 g/mol. The fourth-order valence-electron chi connectivity index (χ4n) is 8.03. The van der Waals surface area contributed by atoms with Crippen LogP contribution in [0.3, 0.4) is 0 Å². The van der Waals surface area contributed by atoms with E-state index in [1.807, 2.05) is 0 Å². The fourth-order valence-corrected chi connectivity index (χ4v) is 8.03. The molecule has 0 heterocycles. The highest BCUT2D eigenvalue weighted by Crippen LogP contribution is 2.16. The Morgan fingerprint density at radius 1 is 0.417 bits per heavy atom. The first-order chi connectivity index (χ1) is 29.6. The second kappa shape index (κ2) is 50.0. The summed E-state index contributed by atoms with van der Waals surface area (Å²) in [7, 11) is 0. The van der Waals surface area contributed by atoms with Gasteiger partial charge in [-0.2, -0.15) is 0 Å². The van der Waals surface area contributed by atoms with Gasteiger partial charge < -0.3 is 20.6 Å². The van der Waals surface area contributed by atoms with E-state index in [9.17, 15) is 20.1 Å². The molecule has 60 heavy (non-hydrogen) atoms. The van der Waals surface area contributed by atoms with Crippen LogP contribution in [0.1, 0.15) is 271 Å². The van der Waals surface area contributed by atoms with Crippen molar-refractivity contribution in [2.45, 2.75) is 289 Å². The molecule has 3 unspecified atom stereocenters. The van der Waals surface area contributed by atoms with E-state index in [2.05, 4.69) is 67.8 Å². The van der Waals surface area contributed by atoms with Crippen molar-refractivity contribution in [3.8, 4) is 0 Å². The molecule has 0 spiro atoms. The standard InChI is InChI=1S/C55H103NO4/c1-3-5-7-9-11-13-15-17-19-21-22-23-24-25-26-27-28-29-30-31-32-34-36-38-40-42-44-46-48-50-54(59)56-52(51-57)55(60)53(58)49-47-45-43-41-39-37-35-33-20-18-16-14-12-10-8-6-4-2/h22-23,25-26,33,35,41,43,52-53,55,57-58,60H,3-21,24,27-32,34,36-40,42,44-51H2,1-2H3,(H,56,59)/b23-22-,26-25-,35-33+,43-41+. The summed E-state index contributed by atoms with van der Waals surface area (Å²) in [5.74, 6) is -0.158. The monoisotopic (exact) mass is 842 g/mol. The van der Waals surface area contributed by atoms with Gasteiger partial charge >= 0.3 is 0 Å². The normalized spacial score (nSPS) is 13.8. The van der Waals surface area contributed by atoms with Crippen molar-refractivity contribution in [2.24, 2.45) is 0 Å². The summed E-state index contributed by atoms with van der Waals surface area (Å²) in [6.07, 6.45) is 65.4. The van der Waals surface area contributed by atoms with E-state index in [0.717, 1.165) is 51.4 Å². The Hall–Kier alpha value is -1.69. The van der Waals surface area contributed by atoms with Crippen LogP contribution in [0.25, 0.3) is 0 Å². The first kappa shape index (κ1) is 58.3. The van der Waals surface area contributed by atoms with E-state index in [0.29, 0.717) is 12.8 Å². The molecule has 4 N–H and O–H groups in total. The van der Waals surface area contributed by atoms with Crippen molar-refractivity contribution in [2.75, 3.05) is 6.61 Å². The summed E-state index contributed by atoms with van der Waals surface area (Å²) in [6.45, 7) is 4.17. The van der Waals surface area contributed by atoms with Crippen LogP contribution in [0.15, 0.2) is 48.6 Å². The number of nitrogens with one attached hydrogen (secondary N) is 1. The highest BCUT2D eigenvalue weighted by atomic mass is 16.3. The SMILES string of the molecule is CCCCCCCCCC/C=C/CC/C=C/CCCC(O)C(O)C(CO)NC(=O)CCCCCCCCCCCCCCC/C=C\C/C=C\CCCCCCCCCCC. The average Bonchev–Trinajstić information content (AvgIpc) is 3.25. The fraction of sp³-hybridized carbons (Fsp3) is 0.836. The first-order valence-corrected chi connectivity index (χ1v) is 26.4. The van der Waals surface area contributed by atoms with Gasteiger partial charge in [0, 0.05) is 6.42 Å². The van der Waals surface area contributed by atoms with Crippen LogP contribution in [-0.2, 0) is 4.79 Å². The number of aliphatic hydroxyl groups is 3. The molecular formula is C55H103NO4. The molecule has 0 aliphatic rings. The zero-order chi connectivity index (χ0) is 43.7. The van der Waals surface area contributed by atoms with Crippen LogP contribution in [-0.4, -0.2) is 46.1 Å². The Morgan fingerprint density at radius 2 is 0.733 bits per heavy atom. The van der Waals surface area contributed by atoms with Crippen molar-refractivity contribution < 1.29 is 20.1 Å². The molecule has 0 rings (SSSR count). The molecule has 0 aliphatic heterocycles. The quantitative estimate of drug-likeness (QED) is 0.0363. The molecule has 0 aromatic rings. The minimum Gasteiger partial charge on any atom is -0.394 e. The molecule has 0 saturated carbocycles. The lowest BCUT2D eigenvalue weighted by Crippen LogP contribution is -2.50. The zero-order valence-electron chi connectivity index (χ0n) is 40.1. The largest absolute Gasteiger partial charge is 0.394 e. The number of amides is 1. The van der Waals surface area contributed by atoms with E-state index in [-0.39, 0.29) is 12.5 Å². The Kier molecular flexibility index (Phi) is 48.6. The summed E-state index contributed by atoms with van der Waals surface area (Å²) in [5.41, 5.74) is 0. The van der Waals surface area contributed by atoms with Gasteiger partial charge in [0.15, 0.2) is 0 Å². The van der Waals surface area contributed by atoms with E-state index in [1.165, 1.54) is 193 Å². The lowest BCUT2D eigenvalue weighted by molar-refractivity contribution is -0.124. The van der Waals surface area contributed by atoms with Crippen LogP contribution in [0.5, 0.6) is 0 Å². The van der Waals surface area contributed by atoms with Gasteiger partial charge in [0.2, 0.25) is 5.91 Å². The third kappa shape index (κ3) is 44.4. The highest BCUT2D eigenvalue weighted by Gasteiger charge is 2.26. The molecular weight excluding hydrogens is 739 g/mol. The summed E-state index contributed by atoms with van der Waals surface area (Å²) >= 11 is 0. The van der Waals surface area contributed by atoms with Crippen LogP contribution in [0, 0.1) is 0 Å². The van der Waals surface area contributed by atoms with Crippen molar-refractivity contribution >= 4 is 5.91 Å². The lowest BCUT2D eigenvalue weighted by Gasteiger charge is -2.26. The second-order valence-electron chi connectivity index (χ2n) is 18.1. The number of aliphatic hydroxyl groups excluding tert-OH is 3. The molecule has 0 aromatic carbocycles. The molecule has 0 aliphatic carbocycles. The van der Waals surface area contributed by atoms with E-state index in [1.54, 1.807) is 0 Å². The van der Waals surface area contributed by atoms with Gasteiger partial charge in [-0.25, -0.2) is 0 Å². The van der Waals surface area contributed by atoms with Gasteiger partial charge in [0.05, 0.1) is 18.8 Å². The zero-order valence-corrected chi connectivity index (χ0v) is 40.1. The Labute approximate surface area is 374 Å². The maximum absolute atomic E-state index is 12.5. The van der Waals surface area contributed by atoms with Crippen molar-refractivity contribution in [1.82, 2.24) is 5.32 Å². The number of hydrogen-bond donors (Lipinski definition) is 4. The third-order valence-corrected chi connectivity index (χ3v) is 12.1. The van der Waals surface area contributed by atoms with Gasteiger partial charge in [-0.05, 0) is 83.5 Å². The van der Waals surface area contributed by atoms with Gasteiger partial charge in [-0.3, -0.25) is 4.79 Å². The summed E-state index contributed by atoms with van der Waals surface area (Å²) < 4.78 is 0. The molecule has 3 atom stereocenters. The van der Waals surface area contributed by atoms with Crippen molar-refractivity contribution in [3.63, 3.8) is 0 Å². The molecule has 0 aromatic heterocycles. The summed E-state index contributed by atoms with van der Waals surface area (Å²) in [4.78, 5) is 12.5. The predicted octanol–water partition coefficient (Wildman–Crippen LogP) is 16.1. The van der Waals surface area contributed by atoms with E-state index in [4.69, 9.17) is 0 Å². The van der Waals surface area contributed by atoms with Gasteiger partial charge in [-0.1, -0.05) is 229 Å². The van der Waals surface area contributed by atoms with Crippen LogP contribution < -0.4 is 5.32 Å². The molecule has 0 radical (unpaired) electrons. The highest BCUT2D eigenvalue weighted by molar-refractivity contribution is 5.76. The van der Waals surface area contributed by atoms with Crippen LogP contribution in [0.2, 0.25) is 0 Å². The maximum Gasteiger partial charge on any atom is 0.220 e. The van der Waals surface area contributed by atoms with Gasteiger partial charge in [0.25, 0.3) is 0 Å². The first-order valence-electron chi connectivity index (χ1n) is 26.4. The summed E-state index contributed by atoms with van der Waals surface area (Å²) in [5, 5.41) is 33.6. The molecule has 0 saturated heterocycles. The van der Waals surface area contributed by atoms with Crippen LogP contribution in [0.4, 0.5) is 0 Å². The van der Waals surface area contributed by atoms with E-state index >= 15 is 0 Å². The molecule has 352 valence electrons. The van der Waals surface area contributed by atoms with Gasteiger partial charge in [-0.15, -0.1) is 0 Å². The number of rotatable bonds is 48. The molecule has 5 heteroatoms. The molecule has 1 amide bonds. The summed E-state index contributed by atoms with van der Waals surface area (Å²) in [6, 6.07) is -0.834. The van der Waals surface area contributed by atoms with Crippen molar-refractivity contribution in [1.29, 1.82) is 0 Å². The molecule has 0 bridgehead atoms. The predicted molar refractivity (Wildman–Crippen MR) is 264 cm³/mol. The minimum atomic E-state index is -1.17. The topological polar surface area (TPSA) is 89.8 Å². The van der Waals surface area contributed by atoms with Gasteiger partial charge in [0.1, 0.15) is 6.10 Å². The number of allylic oxidation sites excluding steroid dienone is 8. The number of carbonyl (C=O) groups excluding carboxylic acids is 1. The number of unbranched alkanes of at least 4 members (excludes halogenated alkanes) is 32. The molecule has 5 nitrogen and oxygen atoms in total. The molecule has 0 fully saturated rings. The number of carbonyl (C=O) groups is 1. The maximum atomic E-state index is 12.5. The smallest absolute Gasteiger partial charge is 0.220 e. The third-order valence-electron chi connectivity index (χ3n) is 12.1. The number of hydrogen-bond acceptors (Lipinski definition) is 4. The Bertz CT molecular complexity index is 974.